The number of carbonyl (C=O) groups excluding carboxylic acids is 1. The Morgan fingerprint density at radius 1 is 0.956 bits per heavy atom. The summed E-state index contributed by atoms with van der Waals surface area (Å²) in [6.07, 6.45) is 13.9. The molecule has 4 aromatic heterocycles. The summed E-state index contributed by atoms with van der Waals surface area (Å²) in [6.45, 7) is 17.8. The van der Waals surface area contributed by atoms with Crippen molar-refractivity contribution in [1.82, 2.24) is 38.5 Å². The molecule has 1 aliphatic carbocycles. The van der Waals surface area contributed by atoms with Crippen LogP contribution in [0.3, 0.4) is 0 Å². The van der Waals surface area contributed by atoms with Gasteiger partial charge in [-0.3, -0.25) is 23.4 Å². The SMILES string of the molecule is C=P(CC)(CC)c1ccc(-n2ccn(-c3c4c(nn3-c3cc(C)c(F)c(C)c3)CCN(C(=O)c3cc5cc([C@@H]6CCOC(C)(C)C6)ccc5n3[C@@]3(c5noc(=O)[nH]5)C[C@@H]3C)[C@H]4C)c2=O)cc1CC. The van der Waals surface area contributed by atoms with Gasteiger partial charge in [0.25, 0.3) is 5.91 Å². The van der Waals surface area contributed by atoms with Crippen molar-refractivity contribution in [3.63, 3.8) is 0 Å². The van der Waals surface area contributed by atoms with Gasteiger partial charge in [0.2, 0.25) is 0 Å². The van der Waals surface area contributed by atoms with Gasteiger partial charge in [0, 0.05) is 48.4 Å². The second kappa shape index (κ2) is 16.6. The predicted octanol–water partition coefficient (Wildman–Crippen LogP) is 9.09. The van der Waals surface area contributed by atoms with Crippen LogP contribution in [0.1, 0.15) is 130 Å². The third kappa shape index (κ3) is 7.23. The predicted molar refractivity (Wildman–Crippen MR) is 267 cm³/mol. The van der Waals surface area contributed by atoms with Crippen LogP contribution in [-0.4, -0.2) is 81.8 Å². The van der Waals surface area contributed by atoms with E-state index in [0.29, 0.717) is 66.1 Å². The Kier molecular flexibility index (Phi) is 11.2. The average Bonchev–Trinajstić information content (AvgIpc) is 3.82. The third-order valence-corrected chi connectivity index (χ3v) is 19.4. The molecule has 7 aromatic rings. The standard InChI is InChI=1S/C53H62FN8O5P/c1-11-35-27-39(15-17-44(35)68(10,12-2)13-3)59-21-22-60(51(59)65)47-45-34(7)58(20-18-41(45)56-62(47)40-24-31(4)46(54)32(5)25-40)48(63)43-28-38-26-36(37-19-23-66-52(8,9)30-37)14-16-42(38)61(43)53(29-33(53)6)49-55-50(64)67-57-49/h14-17,21-22,24-28,33-34,37H,10-13,18-20,23,29-30H2,1-9H3,(H,55,57,64)/t33-,34-,37+,53-/m0/s1. The number of imidazole rings is 1. The highest BCUT2D eigenvalue weighted by Crippen LogP contribution is 2.56. The van der Waals surface area contributed by atoms with E-state index in [2.05, 4.69) is 86.6 Å². The van der Waals surface area contributed by atoms with Crippen molar-refractivity contribution >= 4 is 35.3 Å². The van der Waals surface area contributed by atoms with Gasteiger partial charge in [-0.1, -0.05) is 58.2 Å². The van der Waals surface area contributed by atoms with Crippen LogP contribution in [0.5, 0.6) is 0 Å². The highest BCUT2D eigenvalue weighted by molar-refractivity contribution is 7.80. The van der Waals surface area contributed by atoms with E-state index in [1.54, 1.807) is 52.2 Å². The number of H-pyrrole nitrogens is 1. The number of amides is 1. The number of nitrogens with zero attached hydrogens (tertiary/aromatic N) is 7. The summed E-state index contributed by atoms with van der Waals surface area (Å²) in [5.41, 5.74) is 6.08. The van der Waals surface area contributed by atoms with Crippen LogP contribution in [0.15, 0.2) is 81.1 Å². The molecule has 10 rings (SSSR count). The fourth-order valence-electron chi connectivity index (χ4n) is 11.5. The third-order valence-electron chi connectivity index (χ3n) is 15.6. The number of aromatic nitrogens is 7. The highest BCUT2D eigenvalue weighted by Gasteiger charge is 2.59. The first kappa shape index (κ1) is 45.8. The van der Waals surface area contributed by atoms with E-state index < -0.39 is 24.2 Å². The number of halogens is 1. The largest absolute Gasteiger partial charge is 0.438 e. The second-order valence-corrected chi connectivity index (χ2v) is 24.2. The number of nitrogens with one attached hydrogen (secondary N) is 1. The monoisotopic (exact) mass is 940 g/mol. The van der Waals surface area contributed by atoms with E-state index in [4.69, 9.17) is 20.7 Å². The maximum atomic E-state index is 15.6. The maximum absolute atomic E-state index is 15.6. The van der Waals surface area contributed by atoms with Crippen molar-refractivity contribution in [2.45, 2.75) is 118 Å². The average molecular weight is 941 g/mol. The summed E-state index contributed by atoms with van der Waals surface area (Å²) >= 11 is 0. The molecular formula is C53H62FN8O5P. The molecule has 0 bridgehead atoms. The summed E-state index contributed by atoms with van der Waals surface area (Å²) in [7, 11) is 0. The van der Waals surface area contributed by atoms with Crippen molar-refractivity contribution in [3.8, 4) is 17.2 Å². The molecule has 0 spiro atoms. The molecule has 2 fully saturated rings. The lowest BCUT2D eigenvalue weighted by atomic mass is 9.83. The molecule has 6 heterocycles. The molecule has 15 heteroatoms. The molecule has 0 radical (unpaired) electrons. The number of fused-ring (bicyclic) bond motifs is 2. The Morgan fingerprint density at radius 3 is 2.32 bits per heavy atom. The smallest absolute Gasteiger partial charge is 0.376 e. The van der Waals surface area contributed by atoms with Crippen LogP contribution in [0.2, 0.25) is 0 Å². The Labute approximate surface area is 395 Å². The number of aryl methyl sites for hydroxylation is 3. The van der Waals surface area contributed by atoms with Crippen LogP contribution in [-0.2, 0) is 23.1 Å². The van der Waals surface area contributed by atoms with Crippen molar-refractivity contribution in [1.29, 1.82) is 0 Å². The minimum atomic E-state index is -1.59. The van der Waals surface area contributed by atoms with Crippen LogP contribution in [0, 0.1) is 25.6 Å². The van der Waals surface area contributed by atoms with Crippen LogP contribution in [0.4, 0.5) is 4.39 Å². The molecule has 0 unspecified atom stereocenters. The molecule has 1 saturated heterocycles. The maximum Gasteiger partial charge on any atom is 0.438 e. The van der Waals surface area contributed by atoms with Gasteiger partial charge in [0.05, 0.1) is 28.7 Å². The normalized spacial score (nSPS) is 21.4. The Hall–Kier alpha value is -5.98. The molecule has 1 N–H and O–H groups in total. The molecule has 4 atom stereocenters. The zero-order valence-electron chi connectivity index (χ0n) is 40.7. The zero-order chi connectivity index (χ0) is 48.2. The van der Waals surface area contributed by atoms with E-state index in [-0.39, 0.29) is 28.9 Å². The van der Waals surface area contributed by atoms with Gasteiger partial charge in [-0.2, -0.15) is 5.10 Å². The van der Waals surface area contributed by atoms with Crippen molar-refractivity contribution in [2.75, 3.05) is 25.5 Å². The topological polar surface area (TPSA) is 138 Å². The summed E-state index contributed by atoms with van der Waals surface area (Å²) in [6, 6.07) is 17.7. The minimum Gasteiger partial charge on any atom is -0.376 e. The van der Waals surface area contributed by atoms with E-state index in [1.165, 1.54) is 16.4 Å². The first-order chi connectivity index (χ1) is 32.4. The summed E-state index contributed by atoms with van der Waals surface area (Å²) in [5.74, 6) is 0.0360. The van der Waals surface area contributed by atoms with Crippen molar-refractivity contribution < 1.29 is 18.4 Å². The minimum absolute atomic E-state index is 0.0286. The van der Waals surface area contributed by atoms with E-state index in [0.717, 1.165) is 59.4 Å². The molecule has 3 aliphatic rings. The van der Waals surface area contributed by atoms with Crippen molar-refractivity contribution in [2.24, 2.45) is 5.92 Å². The first-order valence-electron chi connectivity index (χ1n) is 24.1. The van der Waals surface area contributed by atoms with E-state index in [9.17, 15) is 9.59 Å². The van der Waals surface area contributed by atoms with Gasteiger partial charge in [0.1, 0.15) is 22.9 Å². The molecule has 13 nitrogen and oxygen atoms in total. The summed E-state index contributed by atoms with van der Waals surface area (Å²) < 4.78 is 33.5. The van der Waals surface area contributed by atoms with Gasteiger partial charge < -0.3 is 14.2 Å². The number of hydrogen-bond donors (Lipinski definition) is 1. The van der Waals surface area contributed by atoms with Crippen LogP contribution < -0.4 is 16.8 Å². The fraction of sp³-hybridized carbons (Fsp3) is 0.434. The van der Waals surface area contributed by atoms with Crippen LogP contribution in [0.25, 0.3) is 28.1 Å². The fourth-order valence-corrected chi connectivity index (χ4v) is 13.8. The van der Waals surface area contributed by atoms with Gasteiger partial charge in [0.15, 0.2) is 5.82 Å². The molecule has 1 saturated carbocycles. The number of rotatable bonds is 11. The first-order valence-corrected chi connectivity index (χ1v) is 26.5. The Bertz CT molecular complexity index is 3300. The molecule has 356 valence electrons. The van der Waals surface area contributed by atoms with Gasteiger partial charge in [-0.25, -0.2) is 18.7 Å². The number of hydrogen-bond acceptors (Lipinski definition) is 7. The molecule has 1 amide bonds. The van der Waals surface area contributed by atoms with E-state index >= 15 is 9.18 Å². The number of benzene rings is 3. The lowest BCUT2D eigenvalue weighted by Crippen LogP contribution is -2.41. The Balaban J connectivity index is 1.11. The lowest BCUT2D eigenvalue weighted by molar-refractivity contribution is -0.0592. The molecule has 68 heavy (non-hydrogen) atoms. The van der Waals surface area contributed by atoms with Crippen molar-refractivity contribution in [3.05, 3.63) is 139 Å². The van der Waals surface area contributed by atoms with Gasteiger partial charge >= 0.3 is 11.4 Å². The number of aromatic amines is 1. The summed E-state index contributed by atoms with van der Waals surface area (Å²) in [4.78, 5) is 47.8. The highest BCUT2D eigenvalue weighted by atomic mass is 31.2. The molecule has 2 aliphatic heterocycles. The second-order valence-electron chi connectivity index (χ2n) is 20.1. The van der Waals surface area contributed by atoms with E-state index in [1.807, 2.05) is 24.0 Å². The lowest BCUT2D eigenvalue weighted by Gasteiger charge is -2.35. The van der Waals surface area contributed by atoms with Crippen LogP contribution >= 0.6 is 6.89 Å². The molecular weight excluding hydrogens is 879 g/mol. The molecule has 3 aromatic carbocycles. The van der Waals surface area contributed by atoms with Gasteiger partial charge in [-0.05, 0) is 154 Å². The zero-order valence-corrected chi connectivity index (χ0v) is 41.5. The van der Waals surface area contributed by atoms with Gasteiger partial charge in [-0.15, -0.1) is 0 Å². The number of carbonyl (C=O) groups is 1. The Morgan fingerprint density at radius 2 is 1.68 bits per heavy atom. The summed E-state index contributed by atoms with van der Waals surface area (Å²) in [5, 5.41) is 11.6. The number of ether oxygens (including phenoxy) is 1. The quantitative estimate of drug-likeness (QED) is 0.128.